The molecule has 0 bridgehead atoms. The van der Waals surface area contributed by atoms with E-state index >= 15 is 0 Å². The summed E-state index contributed by atoms with van der Waals surface area (Å²) in [6.07, 6.45) is 3.24. The second-order valence-corrected chi connectivity index (χ2v) is 4.89. The Balaban J connectivity index is 2.25. The molecular formula is C9H15IO2. The number of hydrogen-bond donors (Lipinski definition) is 0. The molecule has 1 saturated carbocycles. The molecule has 0 radical (unpaired) electrons. The molecule has 0 heterocycles. The Kier molecular flexibility index (Phi) is 3.80. The number of alkyl halides is 1. The maximum Gasteiger partial charge on any atom is 0.309 e. The van der Waals surface area contributed by atoms with Crippen LogP contribution in [0.4, 0.5) is 0 Å². The molecule has 2 nitrogen and oxygen atoms in total. The molecule has 1 rings (SSSR count). The van der Waals surface area contributed by atoms with Gasteiger partial charge < -0.3 is 4.74 Å². The van der Waals surface area contributed by atoms with E-state index in [4.69, 9.17) is 4.74 Å². The molecule has 1 aliphatic carbocycles. The van der Waals surface area contributed by atoms with E-state index in [2.05, 4.69) is 36.4 Å². The van der Waals surface area contributed by atoms with Crippen molar-refractivity contribution in [1.82, 2.24) is 0 Å². The highest BCUT2D eigenvalue weighted by Gasteiger charge is 2.28. The van der Waals surface area contributed by atoms with E-state index in [0.717, 1.165) is 12.8 Å². The minimum Gasteiger partial charge on any atom is -0.451 e. The second-order valence-electron chi connectivity index (χ2n) is 3.66. The van der Waals surface area contributed by atoms with Crippen LogP contribution in [-0.4, -0.2) is 10.1 Å². The Morgan fingerprint density at radius 1 is 1.50 bits per heavy atom. The van der Waals surface area contributed by atoms with Gasteiger partial charge in [0.2, 0.25) is 0 Å². The first-order valence-electron chi connectivity index (χ1n) is 4.46. The maximum absolute atomic E-state index is 11.3. The van der Waals surface area contributed by atoms with E-state index in [9.17, 15) is 4.79 Å². The van der Waals surface area contributed by atoms with Crippen molar-refractivity contribution in [2.45, 2.75) is 37.2 Å². The Morgan fingerprint density at radius 3 is 2.42 bits per heavy atom. The van der Waals surface area contributed by atoms with Crippen LogP contribution in [-0.2, 0) is 9.53 Å². The zero-order chi connectivity index (χ0) is 9.14. The van der Waals surface area contributed by atoms with Gasteiger partial charge in [0, 0.05) is 0 Å². The quantitative estimate of drug-likeness (QED) is 0.452. The van der Waals surface area contributed by atoms with Crippen molar-refractivity contribution in [2.24, 2.45) is 11.8 Å². The number of carbonyl (C=O) groups excluding carboxylic acids is 1. The third-order valence-electron chi connectivity index (χ3n) is 2.19. The second kappa shape index (κ2) is 4.44. The van der Waals surface area contributed by atoms with Crippen LogP contribution in [0.25, 0.3) is 0 Å². The fraction of sp³-hybridized carbons (Fsp3) is 0.889. The molecule has 0 aliphatic heterocycles. The van der Waals surface area contributed by atoms with Crippen LogP contribution in [0.1, 0.15) is 33.1 Å². The molecule has 0 aromatic heterocycles. The molecule has 70 valence electrons. The molecule has 1 aliphatic rings. The number of ether oxygens (including phenoxy) is 1. The molecule has 12 heavy (non-hydrogen) atoms. The molecular weight excluding hydrogens is 267 g/mol. The highest BCUT2D eigenvalue weighted by atomic mass is 127. The lowest BCUT2D eigenvalue weighted by molar-refractivity contribution is -0.153. The predicted molar refractivity (Wildman–Crippen MR) is 56.1 cm³/mol. The van der Waals surface area contributed by atoms with Crippen LogP contribution >= 0.6 is 22.6 Å². The van der Waals surface area contributed by atoms with Crippen molar-refractivity contribution in [2.75, 3.05) is 0 Å². The molecule has 1 fully saturated rings. The monoisotopic (exact) mass is 282 g/mol. The largest absolute Gasteiger partial charge is 0.451 e. The van der Waals surface area contributed by atoms with Crippen LogP contribution < -0.4 is 0 Å². The fourth-order valence-corrected chi connectivity index (χ4v) is 1.24. The molecule has 3 heteroatoms. The van der Waals surface area contributed by atoms with Gasteiger partial charge in [0.25, 0.3) is 0 Å². The Bertz CT molecular complexity index is 164. The van der Waals surface area contributed by atoms with Gasteiger partial charge in [-0.3, -0.25) is 4.79 Å². The summed E-state index contributed by atoms with van der Waals surface area (Å²) in [5.41, 5.74) is 0. The van der Waals surface area contributed by atoms with E-state index in [1.807, 2.05) is 0 Å². The lowest BCUT2D eigenvalue weighted by Gasteiger charge is -2.25. The fourth-order valence-electron chi connectivity index (χ4n) is 0.987. The van der Waals surface area contributed by atoms with E-state index in [1.54, 1.807) is 0 Å². The lowest BCUT2D eigenvalue weighted by Crippen LogP contribution is -2.28. The Hall–Kier alpha value is 0.200. The number of esters is 1. The summed E-state index contributed by atoms with van der Waals surface area (Å²) < 4.78 is 5.30. The average Bonchev–Trinajstić information content (AvgIpc) is 1.82. The average molecular weight is 282 g/mol. The van der Waals surface area contributed by atoms with Gasteiger partial charge in [0.1, 0.15) is 0 Å². The smallest absolute Gasteiger partial charge is 0.309 e. The molecule has 0 aromatic carbocycles. The molecule has 0 saturated heterocycles. The molecule has 0 aromatic rings. The predicted octanol–water partition coefficient (Wildman–Crippen LogP) is 2.75. The van der Waals surface area contributed by atoms with Gasteiger partial charge in [-0.2, -0.15) is 0 Å². The van der Waals surface area contributed by atoms with E-state index in [0.29, 0.717) is 5.92 Å². The first-order chi connectivity index (χ1) is 5.61. The third-order valence-corrected chi connectivity index (χ3v) is 3.88. The van der Waals surface area contributed by atoms with Crippen LogP contribution in [0.15, 0.2) is 0 Å². The van der Waals surface area contributed by atoms with Gasteiger partial charge in [-0.05, 0) is 41.4 Å². The van der Waals surface area contributed by atoms with Gasteiger partial charge in [-0.1, -0.05) is 20.3 Å². The van der Waals surface area contributed by atoms with Crippen molar-refractivity contribution in [3.63, 3.8) is 0 Å². The minimum absolute atomic E-state index is 0.00866. The van der Waals surface area contributed by atoms with Crippen molar-refractivity contribution in [3.05, 3.63) is 0 Å². The van der Waals surface area contributed by atoms with E-state index in [-0.39, 0.29) is 16.0 Å². The van der Waals surface area contributed by atoms with Crippen molar-refractivity contribution < 1.29 is 9.53 Å². The standard InChI is InChI=1S/C9H15IO2/c1-6(2)8(10)12-9(11)7-4-3-5-7/h6-8H,3-5H2,1-2H3/t8-/m1/s1. The number of halogens is 1. The van der Waals surface area contributed by atoms with Gasteiger partial charge >= 0.3 is 5.97 Å². The van der Waals surface area contributed by atoms with Crippen LogP contribution in [0.3, 0.4) is 0 Å². The van der Waals surface area contributed by atoms with Crippen LogP contribution in [0, 0.1) is 11.8 Å². The zero-order valence-electron chi connectivity index (χ0n) is 7.55. The number of hydrogen-bond acceptors (Lipinski definition) is 2. The van der Waals surface area contributed by atoms with Crippen LogP contribution in [0.5, 0.6) is 0 Å². The Labute approximate surface area is 87.2 Å². The summed E-state index contributed by atoms with van der Waals surface area (Å²) in [5.74, 6) is 0.630. The normalized spacial score (nSPS) is 20.3. The van der Waals surface area contributed by atoms with Gasteiger partial charge in [0.05, 0.1) is 5.92 Å². The Morgan fingerprint density at radius 2 is 2.08 bits per heavy atom. The first-order valence-corrected chi connectivity index (χ1v) is 5.70. The molecule has 0 amide bonds. The lowest BCUT2D eigenvalue weighted by atomic mass is 9.86. The first kappa shape index (κ1) is 10.3. The summed E-state index contributed by atoms with van der Waals surface area (Å²) in [4.78, 5) is 11.3. The van der Waals surface area contributed by atoms with E-state index in [1.165, 1.54) is 6.42 Å². The maximum atomic E-state index is 11.3. The summed E-state index contributed by atoms with van der Waals surface area (Å²) in [7, 11) is 0. The van der Waals surface area contributed by atoms with Gasteiger partial charge in [-0.15, -0.1) is 0 Å². The summed E-state index contributed by atoms with van der Waals surface area (Å²) >= 11 is 2.18. The highest BCUT2D eigenvalue weighted by Crippen LogP contribution is 2.29. The SMILES string of the molecule is CC(C)[C@H](I)OC(=O)C1CCC1. The third kappa shape index (κ3) is 2.61. The molecule has 0 unspecified atom stereocenters. The highest BCUT2D eigenvalue weighted by molar-refractivity contribution is 14.1. The zero-order valence-corrected chi connectivity index (χ0v) is 9.71. The summed E-state index contributed by atoms with van der Waals surface area (Å²) in [5, 5.41) is 0. The number of rotatable bonds is 3. The van der Waals surface area contributed by atoms with E-state index < -0.39 is 0 Å². The van der Waals surface area contributed by atoms with Crippen molar-refractivity contribution in [1.29, 1.82) is 0 Å². The molecule has 0 N–H and O–H groups in total. The summed E-state index contributed by atoms with van der Waals surface area (Å²) in [6.45, 7) is 4.12. The van der Waals surface area contributed by atoms with Gasteiger partial charge in [0.15, 0.2) is 4.11 Å². The molecule has 0 spiro atoms. The topological polar surface area (TPSA) is 26.3 Å². The van der Waals surface area contributed by atoms with Crippen LogP contribution in [0.2, 0.25) is 0 Å². The molecule has 1 atom stereocenters. The summed E-state index contributed by atoms with van der Waals surface area (Å²) in [6, 6.07) is 0. The van der Waals surface area contributed by atoms with Gasteiger partial charge in [-0.25, -0.2) is 0 Å². The minimum atomic E-state index is 0.00866. The number of carbonyl (C=O) groups is 1. The van der Waals surface area contributed by atoms with Crippen molar-refractivity contribution in [3.8, 4) is 0 Å². The van der Waals surface area contributed by atoms with Crippen molar-refractivity contribution >= 4 is 28.6 Å².